The van der Waals surface area contributed by atoms with Gasteiger partial charge in [0.1, 0.15) is 0 Å². The van der Waals surface area contributed by atoms with E-state index >= 15 is 0 Å². The minimum atomic E-state index is -0.648. The van der Waals surface area contributed by atoms with Crippen molar-refractivity contribution in [3.8, 4) is 24.7 Å². The van der Waals surface area contributed by atoms with Crippen LogP contribution in [0.15, 0.2) is 0 Å². The lowest BCUT2D eigenvalue weighted by Crippen LogP contribution is -2.57. The van der Waals surface area contributed by atoms with Crippen LogP contribution in [0.5, 0.6) is 0 Å². The van der Waals surface area contributed by atoms with Crippen LogP contribution in [0.3, 0.4) is 0 Å². The van der Waals surface area contributed by atoms with E-state index in [1.54, 1.807) is 0 Å². The molecule has 2 saturated heterocycles. The van der Waals surface area contributed by atoms with E-state index in [9.17, 15) is 0 Å². The van der Waals surface area contributed by atoms with Crippen LogP contribution in [0, 0.1) is 36.5 Å². The standard InChI is InChI=1S/C20H30O3/c1-5-7-13-19(17(3)11-9-15-21-19)23-20(14-8-6-2)18(4)12-10-16-22-20/h1-2,17-18H,7-16H2,3-4H3. The van der Waals surface area contributed by atoms with E-state index in [1.165, 1.54) is 0 Å². The zero-order valence-electron chi connectivity index (χ0n) is 14.6. The van der Waals surface area contributed by atoms with Gasteiger partial charge in [-0.25, -0.2) is 0 Å². The van der Waals surface area contributed by atoms with Crippen LogP contribution in [0.2, 0.25) is 0 Å². The Balaban J connectivity index is 2.25. The van der Waals surface area contributed by atoms with Gasteiger partial charge in [0.2, 0.25) is 0 Å². The highest BCUT2D eigenvalue weighted by atomic mass is 16.8. The third kappa shape index (κ3) is 4.10. The van der Waals surface area contributed by atoms with Crippen molar-refractivity contribution >= 4 is 0 Å². The van der Waals surface area contributed by atoms with Gasteiger partial charge in [0.05, 0.1) is 13.2 Å². The monoisotopic (exact) mass is 318 g/mol. The van der Waals surface area contributed by atoms with Crippen molar-refractivity contribution in [2.45, 2.75) is 76.8 Å². The van der Waals surface area contributed by atoms with Crippen LogP contribution in [0.4, 0.5) is 0 Å². The molecule has 0 bridgehead atoms. The molecule has 3 nitrogen and oxygen atoms in total. The third-order valence-corrected chi connectivity index (χ3v) is 5.34. The molecule has 2 aliphatic heterocycles. The Kier molecular flexibility index (Phi) is 6.54. The molecule has 2 fully saturated rings. The molecule has 2 aliphatic rings. The molecule has 0 radical (unpaired) electrons. The number of hydrogen-bond acceptors (Lipinski definition) is 3. The Bertz CT molecular complexity index is 418. The first-order chi connectivity index (χ1) is 11.1. The highest BCUT2D eigenvalue weighted by Gasteiger charge is 2.50. The molecule has 0 aliphatic carbocycles. The van der Waals surface area contributed by atoms with Gasteiger partial charge >= 0.3 is 0 Å². The maximum Gasteiger partial charge on any atom is 0.175 e. The molecule has 0 aromatic rings. The average Bonchev–Trinajstić information content (AvgIpc) is 2.56. The molecule has 2 rings (SSSR count). The second kappa shape index (κ2) is 8.20. The lowest BCUT2D eigenvalue weighted by Gasteiger charge is -2.51. The first-order valence-corrected chi connectivity index (χ1v) is 8.93. The quantitative estimate of drug-likeness (QED) is 0.690. The number of rotatable bonds is 6. The fourth-order valence-electron chi connectivity index (χ4n) is 3.78. The van der Waals surface area contributed by atoms with Crippen LogP contribution < -0.4 is 0 Å². The molecule has 23 heavy (non-hydrogen) atoms. The van der Waals surface area contributed by atoms with E-state index in [2.05, 4.69) is 25.7 Å². The van der Waals surface area contributed by atoms with Crippen LogP contribution in [-0.2, 0) is 14.2 Å². The summed E-state index contributed by atoms with van der Waals surface area (Å²) in [4.78, 5) is 0. The molecule has 0 N–H and O–H groups in total. The molecular formula is C20H30O3. The molecule has 128 valence electrons. The van der Waals surface area contributed by atoms with E-state index in [0.29, 0.717) is 50.7 Å². The van der Waals surface area contributed by atoms with Gasteiger partial charge in [-0.1, -0.05) is 13.8 Å². The van der Waals surface area contributed by atoms with Gasteiger partial charge in [0.15, 0.2) is 11.6 Å². The van der Waals surface area contributed by atoms with E-state index in [0.717, 1.165) is 25.7 Å². The van der Waals surface area contributed by atoms with Crippen molar-refractivity contribution in [1.82, 2.24) is 0 Å². The molecule has 0 spiro atoms. The van der Waals surface area contributed by atoms with Gasteiger partial charge < -0.3 is 14.2 Å². The second-order valence-corrected chi connectivity index (χ2v) is 6.92. The number of ether oxygens (including phenoxy) is 3. The van der Waals surface area contributed by atoms with E-state index in [-0.39, 0.29) is 0 Å². The summed E-state index contributed by atoms with van der Waals surface area (Å²) in [6, 6.07) is 0. The molecule has 0 aromatic heterocycles. The summed E-state index contributed by atoms with van der Waals surface area (Å²) in [7, 11) is 0. The smallest absolute Gasteiger partial charge is 0.175 e. The zero-order valence-corrected chi connectivity index (χ0v) is 14.6. The Morgan fingerprint density at radius 1 is 0.913 bits per heavy atom. The van der Waals surface area contributed by atoms with Crippen LogP contribution in [0.25, 0.3) is 0 Å². The van der Waals surface area contributed by atoms with Gasteiger partial charge in [-0.2, -0.15) is 0 Å². The molecule has 2 heterocycles. The van der Waals surface area contributed by atoms with Crippen molar-refractivity contribution in [2.75, 3.05) is 13.2 Å². The summed E-state index contributed by atoms with van der Waals surface area (Å²) < 4.78 is 19.1. The Hall–Kier alpha value is -1.00. The van der Waals surface area contributed by atoms with Gasteiger partial charge in [-0.15, -0.1) is 24.7 Å². The maximum absolute atomic E-state index is 6.70. The number of hydrogen-bond donors (Lipinski definition) is 0. The third-order valence-electron chi connectivity index (χ3n) is 5.34. The molecule has 0 saturated carbocycles. The van der Waals surface area contributed by atoms with Gasteiger partial charge in [-0.3, -0.25) is 0 Å². The minimum Gasteiger partial charge on any atom is -0.349 e. The van der Waals surface area contributed by atoms with Crippen molar-refractivity contribution in [1.29, 1.82) is 0 Å². The second-order valence-electron chi connectivity index (χ2n) is 6.92. The summed E-state index contributed by atoms with van der Waals surface area (Å²) in [5.74, 6) is 4.76. The Morgan fingerprint density at radius 2 is 1.35 bits per heavy atom. The summed E-state index contributed by atoms with van der Waals surface area (Å²) >= 11 is 0. The topological polar surface area (TPSA) is 27.7 Å². The Labute approximate surface area is 141 Å². The summed E-state index contributed by atoms with van der Waals surface area (Å²) in [6.07, 6.45) is 18.0. The van der Waals surface area contributed by atoms with E-state index in [1.807, 2.05) is 0 Å². The Morgan fingerprint density at radius 3 is 1.70 bits per heavy atom. The lowest BCUT2D eigenvalue weighted by atomic mass is 9.85. The normalized spacial score (nSPS) is 37.7. The van der Waals surface area contributed by atoms with E-state index < -0.39 is 11.6 Å². The maximum atomic E-state index is 6.70. The largest absolute Gasteiger partial charge is 0.349 e. The van der Waals surface area contributed by atoms with Crippen LogP contribution >= 0.6 is 0 Å². The number of terminal acetylenes is 2. The van der Waals surface area contributed by atoms with Gasteiger partial charge in [0, 0.05) is 37.5 Å². The van der Waals surface area contributed by atoms with Crippen molar-refractivity contribution < 1.29 is 14.2 Å². The van der Waals surface area contributed by atoms with Crippen molar-refractivity contribution in [3.05, 3.63) is 0 Å². The van der Waals surface area contributed by atoms with Gasteiger partial charge in [0.25, 0.3) is 0 Å². The molecule has 3 heteroatoms. The van der Waals surface area contributed by atoms with Crippen LogP contribution in [-0.4, -0.2) is 24.8 Å². The molecular weight excluding hydrogens is 288 g/mol. The predicted octanol–water partition coefficient (Wildman–Crippen LogP) is 4.12. The van der Waals surface area contributed by atoms with Crippen LogP contribution in [0.1, 0.15) is 65.2 Å². The highest BCUT2D eigenvalue weighted by Crippen LogP contribution is 2.45. The molecule has 0 aromatic carbocycles. The lowest BCUT2D eigenvalue weighted by molar-refractivity contribution is -0.405. The SMILES string of the molecule is C#CCCC1(OC2(CCC#C)OCCCC2C)OCCCC1C. The fourth-order valence-corrected chi connectivity index (χ4v) is 3.78. The molecule has 0 amide bonds. The first-order valence-electron chi connectivity index (χ1n) is 8.93. The van der Waals surface area contributed by atoms with Crippen molar-refractivity contribution in [2.24, 2.45) is 11.8 Å². The minimum absolute atomic E-state index is 0.296. The zero-order chi connectivity index (χ0) is 16.8. The summed E-state index contributed by atoms with van der Waals surface area (Å²) in [5, 5.41) is 0. The average molecular weight is 318 g/mol. The molecule has 4 atom stereocenters. The summed E-state index contributed by atoms with van der Waals surface area (Å²) in [5.41, 5.74) is 0. The van der Waals surface area contributed by atoms with Crippen molar-refractivity contribution in [3.63, 3.8) is 0 Å². The molecule has 4 unspecified atom stereocenters. The van der Waals surface area contributed by atoms with Gasteiger partial charge in [-0.05, 0) is 25.7 Å². The highest BCUT2D eigenvalue weighted by molar-refractivity contribution is 4.95. The predicted molar refractivity (Wildman–Crippen MR) is 91.4 cm³/mol. The fraction of sp³-hybridized carbons (Fsp3) is 0.800. The van der Waals surface area contributed by atoms with E-state index in [4.69, 9.17) is 27.1 Å². The summed E-state index contributed by atoms with van der Waals surface area (Å²) in [6.45, 7) is 5.82. The first kappa shape index (κ1) is 18.3.